The summed E-state index contributed by atoms with van der Waals surface area (Å²) in [6, 6.07) is 25.8. The maximum Gasteiger partial charge on any atom is 0.220 e. The van der Waals surface area contributed by atoms with Gasteiger partial charge >= 0.3 is 0 Å². The molecule has 7 heteroatoms. The molecule has 0 aliphatic heterocycles. The van der Waals surface area contributed by atoms with Gasteiger partial charge in [0, 0.05) is 43.0 Å². The molecule has 1 amide bonds. The van der Waals surface area contributed by atoms with Gasteiger partial charge in [-0.3, -0.25) is 9.78 Å². The molecule has 39 heavy (non-hydrogen) atoms. The second-order valence-corrected chi connectivity index (χ2v) is 9.17. The second kappa shape index (κ2) is 12.3. The predicted octanol–water partition coefficient (Wildman–Crippen LogP) is 5.76. The van der Waals surface area contributed by atoms with Gasteiger partial charge in [-0.1, -0.05) is 30.3 Å². The minimum absolute atomic E-state index is 0.00181. The van der Waals surface area contributed by atoms with E-state index in [4.69, 9.17) is 14.5 Å². The number of methoxy groups -OCH3 is 1. The van der Waals surface area contributed by atoms with Crippen LogP contribution in [0.25, 0.3) is 28.0 Å². The Morgan fingerprint density at radius 2 is 1.72 bits per heavy atom. The molecular formula is C32H32N4O3. The van der Waals surface area contributed by atoms with Crippen LogP contribution in [0, 0.1) is 0 Å². The molecular weight excluding hydrogens is 488 g/mol. The number of aryl methyl sites for hydroxylation is 1. The molecule has 0 saturated heterocycles. The predicted molar refractivity (Wildman–Crippen MR) is 153 cm³/mol. The number of carbonyl (C=O) groups excluding carboxylic acids is 1. The Hall–Kier alpha value is -4.65. The zero-order valence-corrected chi connectivity index (χ0v) is 22.3. The minimum atomic E-state index is -0.00181. The topological polar surface area (TPSA) is 77.8 Å². The van der Waals surface area contributed by atoms with Gasteiger partial charge in [-0.25, -0.2) is 4.98 Å². The number of ether oxygens (including phenoxy) is 2. The summed E-state index contributed by atoms with van der Waals surface area (Å²) in [5.41, 5.74) is 6.64. The molecule has 5 aromatic rings. The Morgan fingerprint density at radius 3 is 2.51 bits per heavy atom. The van der Waals surface area contributed by atoms with Crippen molar-refractivity contribution in [1.82, 2.24) is 19.7 Å². The summed E-state index contributed by atoms with van der Waals surface area (Å²) in [5, 5.41) is 3.03. The van der Waals surface area contributed by atoms with Crippen molar-refractivity contribution in [3.05, 3.63) is 103 Å². The highest BCUT2D eigenvalue weighted by molar-refractivity contribution is 5.77. The van der Waals surface area contributed by atoms with Crippen LogP contribution < -0.4 is 14.8 Å². The van der Waals surface area contributed by atoms with Gasteiger partial charge in [0.25, 0.3) is 0 Å². The van der Waals surface area contributed by atoms with E-state index in [-0.39, 0.29) is 5.91 Å². The van der Waals surface area contributed by atoms with Crippen molar-refractivity contribution in [2.45, 2.75) is 26.2 Å². The first-order chi connectivity index (χ1) is 19.1. The van der Waals surface area contributed by atoms with Crippen molar-refractivity contribution < 1.29 is 14.3 Å². The summed E-state index contributed by atoms with van der Waals surface area (Å²) in [4.78, 5) is 22.1. The summed E-state index contributed by atoms with van der Waals surface area (Å²) < 4.78 is 13.3. The molecule has 0 atom stereocenters. The van der Waals surface area contributed by atoms with Crippen LogP contribution in [0.4, 0.5) is 0 Å². The van der Waals surface area contributed by atoms with E-state index in [0.29, 0.717) is 32.4 Å². The molecule has 0 bridgehead atoms. The highest BCUT2D eigenvalue weighted by Gasteiger charge is 2.17. The number of rotatable bonds is 11. The zero-order chi connectivity index (χ0) is 27.0. The number of pyridine rings is 2. The fraction of sp³-hybridized carbons (Fsp3) is 0.219. The SMILES string of the molecule is CCOc1cccc(-c2ccc3nc(-c4cccc(OC)c4)c(CCC(=O)NCCc4ccccn4)n3c2)c1. The molecule has 1 N–H and O–H groups in total. The Kier molecular flexibility index (Phi) is 8.17. The summed E-state index contributed by atoms with van der Waals surface area (Å²) in [6.07, 6.45) is 5.43. The molecule has 3 heterocycles. The van der Waals surface area contributed by atoms with Crippen LogP contribution in [0.2, 0.25) is 0 Å². The highest BCUT2D eigenvalue weighted by atomic mass is 16.5. The molecule has 7 nitrogen and oxygen atoms in total. The number of hydrogen-bond acceptors (Lipinski definition) is 5. The van der Waals surface area contributed by atoms with Gasteiger partial charge in [0.1, 0.15) is 17.1 Å². The third kappa shape index (κ3) is 6.26. The molecule has 0 saturated carbocycles. The molecule has 0 unspecified atom stereocenters. The summed E-state index contributed by atoms with van der Waals surface area (Å²) >= 11 is 0. The highest BCUT2D eigenvalue weighted by Crippen LogP contribution is 2.31. The van der Waals surface area contributed by atoms with E-state index in [1.807, 2.05) is 73.7 Å². The van der Waals surface area contributed by atoms with Gasteiger partial charge in [-0.15, -0.1) is 0 Å². The van der Waals surface area contributed by atoms with Crippen molar-refractivity contribution in [1.29, 1.82) is 0 Å². The van der Waals surface area contributed by atoms with Crippen molar-refractivity contribution in [3.63, 3.8) is 0 Å². The van der Waals surface area contributed by atoms with Crippen LogP contribution in [-0.4, -0.2) is 40.5 Å². The number of amides is 1. The van der Waals surface area contributed by atoms with Crippen molar-refractivity contribution in [2.75, 3.05) is 20.3 Å². The van der Waals surface area contributed by atoms with E-state index in [0.717, 1.165) is 50.9 Å². The monoisotopic (exact) mass is 520 g/mol. The number of hydrogen-bond donors (Lipinski definition) is 1. The number of carbonyl (C=O) groups is 1. The largest absolute Gasteiger partial charge is 0.497 e. The molecule has 0 spiro atoms. The van der Waals surface area contributed by atoms with Crippen molar-refractivity contribution >= 4 is 11.6 Å². The van der Waals surface area contributed by atoms with Crippen LogP contribution in [0.5, 0.6) is 11.5 Å². The fourth-order valence-electron chi connectivity index (χ4n) is 4.63. The maximum atomic E-state index is 12.8. The third-order valence-corrected chi connectivity index (χ3v) is 6.56. The van der Waals surface area contributed by atoms with Gasteiger partial charge in [-0.05, 0) is 73.0 Å². The van der Waals surface area contributed by atoms with E-state index < -0.39 is 0 Å². The molecule has 0 aliphatic carbocycles. The molecule has 0 fully saturated rings. The third-order valence-electron chi connectivity index (χ3n) is 6.56. The molecule has 5 rings (SSSR count). The van der Waals surface area contributed by atoms with E-state index in [1.165, 1.54) is 0 Å². The van der Waals surface area contributed by atoms with E-state index >= 15 is 0 Å². The van der Waals surface area contributed by atoms with E-state index in [2.05, 4.69) is 33.0 Å². The first-order valence-corrected chi connectivity index (χ1v) is 13.2. The second-order valence-electron chi connectivity index (χ2n) is 9.17. The molecule has 0 aliphatic rings. The lowest BCUT2D eigenvalue weighted by atomic mass is 10.1. The zero-order valence-electron chi connectivity index (χ0n) is 22.3. The van der Waals surface area contributed by atoms with Crippen LogP contribution in [0.3, 0.4) is 0 Å². The lowest BCUT2D eigenvalue weighted by Gasteiger charge is -2.10. The van der Waals surface area contributed by atoms with Gasteiger partial charge in [0.05, 0.1) is 25.1 Å². The molecule has 198 valence electrons. The summed E-state index contributed by atoms with van der Waals surface area (Å²) in [5.74, 6) is 1.59. The van der Waals surface area contributed by atoms with Crippen LogP contribution in [-0.2, 0) is 17.6 Å². The number of fused-ring (bicyclic) bond motifs is 1. The number of aromatic nitrogens is 3. The van der Waals surface area contributed by atoms with E-state index in [9.17, 15) is 4.79 Å². The van der Waals surface area contributed by atoms with Crippen LogP contribution in [0.1, 0.15) is 24.7 Å². The van der Waals surface area contributed by atoms with Crippen LogP contribution in [0.15, 0.2) is 91.3 Å². The van der Waals surface area contributed by atoms with Crippen molar-refractivity contribution in [3.8, 4) is 33.9 Å². The number of nitrogens with zero attached hydrogens (tertiary/aromatic N) is 3. The quantitative estimate of drug-likeness (QED) is 0.240. The summed E-state index contributed by atoms with van der Waals surface area (Å²) in [7, 11) is 1.65. The molecule has 2 aromatic carbocycles. The number of nitrogens with one attached hydrogen (secondary N) is 1. The Balaban J connectivity index is 1.43. The normalized spacial score (nSPS) is 10.9. The summed E-state index contributed by atoms with van der Waals surface area (Å²) in [6.45, 7) is 3.14. The van der Waals surface area contributed by atoms with Gasteiger partial charge in [0.2, 0.25) is 5.91 Å². The lowest BCUT2D eigenvalue weighted by molar-refractivity contribution is -0.121. The number of benzene rings is 2. The first-order valence-electron chi connectivity index (χ1n) is 13.2. The average Bonchev–Trinajstić information content (AvgIpc) is 3.35. The first kappa shape index (κ1) is 26.0. The average molecular weight is 521 g/mol. The molecule has 3 aromatic heterocycles. The molecule has 0 radical (unpaired) electrons. The van der Waals surface area contributed by atoms with Crippen molar-refractivity contribution in [2.24, 2.45) is 0 Å². The maximum absolute atomic E-state index is 12.8. The number of imidazole rings is 1. The Morgan fingerprint density at radius 1 is 0.897 bits per heavy atom. The van der Waals surface area contributed by atoms with Crippen LogP contribution >= 0.6 is 0 Å². The van der Waals surface area contributed by atoms with Gasteiger partial charge < -0.3 is 19.2 Å². The van der Waals surface area contributed by atoms with E-state index in [1.54, 1.807) is 13.3 Å². The Bertz CT molecular complexity index is 1560. The van der Waals surface area contributed by atoms with Gasteiger partial charge in [-0.2, -0.15) is 0 Å². The minimum Gasteiger partial charge on any atom is -0.497 e. The smallest absolute Gasteiger partial charge is 0.220 e. The standard InChI is InChI=1S/C32H32N4O3/c1-3-39-28-12-6-8-23(20-28)25-13-15-30-35-32(24-9-7-11-27(21-24)38-2)29(36(30)22-25)14-16-31(37)34-19-17-26-10-4-5-18-33-26/h4-13,15,18,20-22H,3,14,16-17,19H2,1-2H3,(H,34,37). The lowest BCUT2D eigenvalue weighted by Crippen LogP contribution is -2.26. The Labute approximate surface area is 228 Å². The fourth-order valence-corrected chi connectivity index (χ4v) is 4.63. The van der Waals surface area contributed by atoms with Gasteiger partial charge in [0.15, 0.2) is 0 Å².